The number of likely N-dealkylation sites (N-methyl/N-ethyl adjacent to an activating group) is 1. The van der Waals surface area contributed by atoms with Crippen molar-refractivity contribution in [3.05, 3.63) is 71.3 Å². The van der Waals surface area contributed by atoms with E-state index in [0.717, 1.165) is 29.7 Å². The van der Waals surface area contributed by atoms with E-state index in [9.17, 15) is 22.8 Å². The number of likely N-dealkylation sites (tertiary alicyclic amines) is 1. The molecular weight excluding hydrogens is 457 g/mol. The summed E-state index contributed by atoms with van der Waals surface area (Å²) in [5.41, 5.74) is 1.11. The predicted molar refractivity (Wildman–Crippen MR) is 126 cm³/mol. The number of nitrogens with one attached hydrogen (secondary N) is 2. The number of nitrogens with zero attached hydrogens (tertiary/aromatic N) is 2. The molecule has 2 N–H and O–H groups in total. The highest BCUT2D eigenvalue weighted by Gasteiger charge is 2.45. The highest BCUT2D eigenvalue weighted by Crippen LogP contribution is 2.31. The van der Waals surface area contributed by atoms with E-state index in [2.05, 4.69) is 15.5 Å². The molecule has 2 aliphatic rings. The maximum atomic E-state index is 13.0. The normalized spacial score (nSPS) is 23.4. The SMILES string of the molecule is CN1[C@@H](CCC(=O)NCc2ccccc2)CNC(=O)[C@@H]2[C@@H]1CCN2Cc1ccc(C(F)(F)F)cc1. The van der Waals surface area contributed by atoms with Crippen LogP contribution in [0.5, 0.6) is 0 Å². The largest absolute Gasteiger partial charge is 0.416 e. The zero-order chi connectivity index (χ0) is 25.0. The molecule has 6 nitrogen and oxygen atoms in total. The number of carbonyl (C=O) groups excluding carboxylic acids is 2. The van der Waals surface area contributed by atoms with Gasteiger partial charge in [0.25, 0.3) is 0 Å². The highest BCUT2D eigenvalue weighted by atomic mass is 19.4. The first-order chi connectivity index (χ1) is 16.7. The second-order valence-corrected chi connectivity index (χ2v) is 9.33. The monoisotopic (exact) mass is 488 g/mol. The van der Waals surface area contributed by atoms with E-state index in [1.165, 1.54) is 12.1 Å². The predicted octanol–water partition coefficient (Wildman–Crippen LogP) is 3.18. The van der Waals surface area contributed by atoms with Gasteiger partial charge in [0.15, 0.2) is 0 Å². The summed E-state index contributed by atoms with van der Waals surface area (Å²) in [5, 5.41) is 5.97. The number of amides is 2. The van der Waals surface area contributed by atoms with E-state index >= 15 is 0 Å². The summed E-state index contributed by atoms with van der Waals surface area (Å²) in [6.07, 6.45) is -2.59. The Labute approximate surface area is 203 Å². The van der Waals surface area contributed by atoms with Gasteiger partial charge in [0, 0.05) is 44.7 Å². The van der Waals surface area contributed by atoms with Crippen molar-refractivity contribution < 1.29 is 22.8 Å². The molecule has 2 aliphatic heterocycles. The van der Waals surface area contributed by atoms with Crippen LogP contribution in [0.15, 0.2) is 54.6 Å². The van der Waals surface area contributed by atoms with Crippen LogP contribution in [0.2, 0.25) is 0 Å². The van der Waals surface area contributed by atoms with Crippen LogP contribution < -0.4 is 10.6 Å². The topological polar surface area (TPSA) is 64.7 Å². The van der Waals surface area contributed by atoms with Gasteiger partial charge in [0.1, 0.15) is 6.04 Å². The smallest absolute Gasteiger partial charge is 0.353 e. The van der Waals surface area contributed by atoms with Crippen LogP contribution in [0.1, 0.15) is 36.0 Å². The van der Waals surface area contributed by atoms with Crippen LogP contribution in [0.4, 0.5) is 13.2 Å². The Kier molecular flexibility index (Phi) is 7.76. The van der Waals surface area contributed by atoms with Gasteiger partial charge in [0.2, 0.25) is 11.8 Å². The van der Waals surface area contributed by atoms with E-state index in [1.54, 1.807) is 0 Å². The molecule has 35 heavy (non-hydrogen) atoms. The molecule has 2 saturated heterocycles. The van der Waals surface area contributed by atoms with Gasteiger partial charge in [-0.25, -0.2) is 0 Å². The summed E-state index contributed by atoms with van der Waals surface area (Å²) < 4.78 is 38.6. The number of rotatable bonds is 7. The van der Waals surface area contributed by atoms with E-state index in [-0.39, 0.29) is 29.9 Å². The lowest BCUT2D eigenvalue weighted by Crippen LogP contribution is -2.49. The second kappa shape index (κ2) is 10.8. The molecule has 0 aliphatic carbocycles. The Bertz CT molecular complexity index is 1010. The lowest BCUT2D eigenvalue weighted by Gasteiger charge is -2.33. The molecule has 3 atom stereocenters. The lowest BCUT2D eigenvalue weighted by atomic mass is 10.0. The van der Waals surface area contributed by atoms with Gasteiger partial charge in [-0.3, -0.25) is 19.4 Å². The fraction of sp³-hybridized carbons (Fsp3) is 0.462. The maximum Gasteiger partial charge on any atom is 0.416 e. The summed E-state index contributed by atoms with van der Waals surface area (Å²) >= 11 is 0. The van der Waals surface area contributed by atoms with E-state index < -0.39 is 11.7 Å². The molecule has 2 aromatic carbocycles. The molecular formula is C26H31F3N4O2. The third-order valence-electron chi connectivity index (χ3n) is 7.05. The first kappa shape index (κ1) is 25.2. The molecule has 9 heteroatoms. The van der Waals surface area contributed by atoms with Crippen molar-refractivity contribution in [3.8, 4) is 0 Å². The maximum absolute atomic E-state index is 13.0. The van der Waals surface area contributed by atoms with Gasteiger partial charge in [-0.1, -0.05) is 42.5 Å². The van der Waals surface area contributed by atoms with Crippen molar-refractivity contribution in [3.63, 3.8) is 0 Å². The van der Waals surface area contributed by atoms with Crippen molar-refractivity contribution >= 4 is 11.8 Å². The summed E-state index contributed by atoms with van der Waals surface area (Å²) in [6.45, 7) is 2.04. The van der Waals surface area contributed by atoms with Crippen LogP contribution in [-0.4, -0.2) is 59.9 Å². The molecule has 0 radical (unpaired) electrons. The molecule has 0 unspecified atom stereocenters. The van der Waals surface area contributed by atoms with Gasteiger partial charge < -0.3 is 10.6 Å². The zero-order valence-electron chi connectivity index (χ0n) is 19.7. The lowest BCUT2D eigenvalue weighted by molar-refractivity contribution is -0.137. The summed E-state index contributed by atoms with van der Waals surface area (Å²) in [4.78, 5) is 29.6. The van der Waals surface area contributed by atoms with E-state index in [0.29, 0.717) is 39.0 Å². The van der Waals surface area contributed by atoms with Gasteiger partial charge in [0.05, 0.1) is 5.56 Å². The summed E-state index contributed by atoms with van der Waals surface area (Å²) in [7, 11) is 1.99. The van der Waals surface area contributed by atoms with Crippen LogP contribution >= 0.6 is 0 Å². The number of hydrogen-bond donors (Lipinski definition) is 2. The van der Waals surface area contributed by atoms with Crippen LogP contribution in [0.3, 0.4) is 0 Å². The first-order valence-corrected chi connectivity index (χ1v) is 11.9. The van der Waals surface area contributed by atoms with E-state index in [1.807, 2.05) is 42.3 Å². The molecule has 2 fully saturated rings. The van der Waals surface area contributed by atoms with Gasteiger partial charge in [-0.2, -0.15) is 13.2 Å². The van der Waals surface area contributed by atoms with Crippen molar-refractivity contribution in [2.75, 3.05) is 20.1 Å². The molecule has 0 bridgehead atoms. The van der Waals surface area contributed by atoms with Gasteiger partial charge in [-0.15, -0.1) is 0 Å². The number of carbonyl (C=O) groups is 2. The Morgan fingerprint density at radius 2 is 1.80 bits per heavy atom. The molecule has 0 saturated carbocycles. The van der Waals surface area contributed by atoms with Crippen molar-refractivity contribution in [2.24, 2.45) is 0 Å². The number of alkyl halides is 3. The minimum Gasteiger partial charge on any atom is -0.353 e. The molecule has 188 valence electrons. The van der Waals surface area contributed by atoms with Crippen LogP contribution in [-0.2, 0) is 28.9 Å². The first-order valence-electron chi connectivity index (χ1n) is 11.9. The number of hydrogen-bond acceptors (Lipinski definition) is 4. The van der Waals surface area contributed by atoms with Crippen molar-refractivity contribution in [1.82, 2.24) is 20.4 Å². The fourth-order valence-electron chi connectivity index (χ4n) is 5.04. The minimum atomic E-state index is -4.37. The zero-order valence-corrected chi connectivity index (χ0v) is 19.7. The quantitative estimate of drug-likeness (QED) is 0.629. The van der Waals surface area contributed by atoms with Crippen molar-refractivity contribution in [2.45, 2.75) is 56.7 Å². The van der Waals surface area contributed by atoms with Crippen LogP contribution in [0.25, 0.3) is 0 Å². The molecule has 2 heterocycles. The minimum absolute atomic E-state index is 0.00988. The Hall–Kier alpha value is -2.91. The molecule has 4 rings (SSSR count). The van der Waals surface area contributed by atoms with Crippen LogP contribution in [0, 0.1) is 0 Å². The Balaban J connectivity index is 1.33. The Morgan fingerprint density at radius 1 is 1.09 bits per heavy atom. The average molecular weight is 489 g/mol. The third kappa shape index (κ3) is 6.21. The fourth-order valence-corrected chi connectivity index (χ4v) is 5.04. The molecule has 0 spiro atoms. The summed E-state index contributed by atoms with van der Waals surface area (Å²) in [5.74, 6) is -0.0907. The number of benzene rings is 2. The van der Waals surface area contributed by atoms with Gasteiger partial charge in [-0.05, 0) is 43.1 Å². The summed E-state index contributed by atoms with van der Waals surface area (Å²) in [6, 6.07) is 14.5. The molecule has 2 amide bonds. The van der Waals surface area contributed by atoms with E-state index in [4.69, 9.17) is 0 Å². The molecule has 2 aromatic rings. The third-order valence-corrected chi connectivity index (χ3v) is 7.05. The second-order valence-electron chi connectivity index (χ2n) is 9.33. The average Bonchev–Trinajstić information content (AvgIpc) is 3.21. The highest BCUT2D eigenvalue weighted by molar-refractivity contribution is 5.83. The van der Waals surface area contributed by atoms with Crippen molar-refractivity contribution in [1.29, 1.82) is 0 Å². The molecule has 0 aromatic heterocycles. The number of fused-ring (bicyclic) bond motifs is 1. The standard InChI is InChI=1S/C26H31F3N4O2/c1-32-21(11-12-23(34)30-15-18-5-3-2-4-6-18)16-31-25(35)24-22(32)13-14-33(24)17-19-7-9-20(10-8-19)26(27,28)29/h2-10,21-22,24H,11-17H2,1H3,(H,30,34)(H,31,35)/t21-,22-,24-/m0/s1. The Morgan fingerprint density at radius 3 is 2.49 bits per heavy atom. The number of halogens is 3. The van der Waals surface area contributed by atoms with Gasteiger partial charge >= 0.3 is 6.18 Å².